The van der Waals surface area contributed by atoms with Gasteiger partial charge in [0.25, 0.3) is 0 Å². The first-order chi connectivity index (χ1) is 9.54. The minimum atomic E-state index is -0.566. The standard InChI is InChI=1S/C11H14N6O3/c1-7-8(3-4-20-7)5-16(2)11-9(17(18)19)10(15-12)13-6-14-11/h3-4,6H,5,12H2,1-2H3,(H,13,14,15). The molecule has 3 N–H and O–H groups in total. The monoisotopic (exact) mass is 278 g/mol. The molecule has 9 heteroatoms. The van der Waals surface area contributed by atoms with Gasteiger partial charge in [-0.25, -0.2) is 15.8 Å². The number of aryl methyl sites for hydroxylation is 1. The molecule has 9 nitrogen and oxygen atoms in total. The molecule has 0 aliphatic carbocycles. The first-order valence-electron chi connectivity index (χ1n) is 5.74. The van der Waals surface area contributed by atoms with E-state index in [0.29, 0.717) is 6.54 Å². The number of hydrogen-bond acceptors (Lipinski definition) is 8. The molecular weight excluding hydrogens is 264 g/mol. The molecule has 106 valence electrons. The smallest absolute Gasteiger partial charge is 0.354 e. The molecule has 0 aliphatic heterocycles. The second kappa shape index (κ2) is 5.53. The Balaban J connectivity index is 2.37. The van der Waals surface area contributed by atoms with Crippen LogP contribution < -0.4 is 16.2 Å². The second-order valence-corrected chi connectivity index (χ2v) is 4.15. The van der Waals surface area contributed by atoms with E-state index in [1.807, 2.05) is 6.92 Å². The summed E-state index contributed by atoms with van der Waals surface area (Å²) in [5.74, 6) is 6.14. The average Bonchev–Trinajstić information content (AvgIpc) is 2.83. The maximum absolute atomic E-state index is 11.2. The molecule has 0 aromatic carbocycles. The molecule has 0 bridgehead atoms. The molecule has 0 saturated carbocycles. The summed E-state index contributed by atoms with van der Waals surface area (Å²) >= 11 is 0. The quantitative estimate of drug-likeness (QED) is 0.475. The highest BCUT2D eigenvalue weighted by atomic mass is 16.6. The van der Waals surface area contributed by atoms with E-state index in [0.717, 1.165) is 11.3 Å². The van der Waals surface area contributed by atoms with Crippen molar-refractivity contribution in [2.24, 2.45) is 5.84 Å². The van der Waals surface area contributed by atoms with Crippen LogP contribution in [0.5, 0.6) is 0 Å². The highest BCUT2D eigenvalue weighted by Gasteiger charge is 2.25. The van der Waals surface area contributed by atoms with Gasteiger partial charge in [0.15, 0.2) is 0 Å². The van der Waals surface area contributed by atoms with Gasteiger partial charge < -0.3 is 14.7 Å². The molecule has 20 heavy (non-hydrogen) atoms. The third-order valence-corrected chi connectivity index (χ3v) is 2.86. The van der Waals surface area contributed by atoms with Gasteiger partial charge in [0.1, 0.15) is 12.1 Å². The summed E-state index contributed by atoms with van der Waals surface area (Å²) in [6.45, 7) is 2.24. The number of nitrogens with one attached hydrogen (secondary N) is 1. The Hall–Kier alpha value is -2.68. The lowest BCUT2D eigenvalue weighted by Gasteiger charge is -2.18. The van der Waals surface area contributed by atoms with E-state index < -0.39 is 4.92 Å². The van der Waals surface area contributed by atoms with Crippen molar-refractivity contribution in [2.75, 3.05) is 17.4 Å². The Kier molecular flexibility index (Phi) is 3.80. The highest BCUT2D eigenvalue weighted by Crippen LogP contribution is 2.31. The fourth-order valence-corrected chi connectivity index (χ4v) is 1.83. The summed E-state index contributed by atoms with van der Waals surface area (Å²) in [6.07, 6.45) is 2.79. The van der Waals surface area contributed by atoms with E-state index >= 15 is 0 Å². The summed E-state index contributed by atoms with van der Waals surface area (Å²) in [5, 5.41) is 11.2. The van der Waals surface area contributed by atoms with Crippen molar-refractivity contribution in [1.29, 1.82) is 0 Å². The fourth-order valence-electron chi connectivity index (χ4n) is 1.83. The Morgan fingerprint density at radius 1 is 1.55 bits per heavy atom. The Labute approximate surface area is 114 Å². The van der Waals surface area contributed by atoms with Crippen LogP contribution in [0.25, 0.3) is 0 Å². The second-order valence-electron chi connectivity index (χ2n) is 4.15. The Morgan fingerprint density at radius 3 is 2.85 bits per heavy atom. The van der Waals surface area contributed by atoms with Crippen LogP contribution in [0.4, 0.5) is 17.3 Å². The van der Waals surface area contributed by atoms with E-state index in [1.54, 1.807) is 24.3 Å². The Morgan fingerprint density at radius 2 is 2.30 bits per heavy atom. The number of nitro groups is 1. The Bertz CT molecular complexity index is 626. The van der Waals surface area contributed by atoms with Crippen molar-refractivity contribution in [1.82, 2.24) is 9.97 Å². The molecule has 2 rings (SSSR count). The zero-order valence-electron chi connectivity index (χ0n) is 11.0. The number of nitrogens with two attached hydrogens (primary N) is 1. The van der Waals surface area contributed by atoms with E-state index in [2.05, 4.69) is 15.4 Å². The lowest BCUT2D eigenvalue weighted by atomic mass is 10.2. The van der Waals surface area contributed by atoms with Crippen LogP contribution in [0.1, 0.15) is 11.3 Å². The number of furan rings is 1. The zero-order chi connectivity index (χ0) is 14.7. The van der Waals surface area contributed by atoms with Gasteiger partial charge in [0.05, 0.1) is 11.2 Å². The summed E-state index contributed by atoms with van der Waals surface area (Å²) < 4.78 is 5.20. The van der Waals surface area contributed by atoms with Crippen molar-refractivity contribution in [3.8, 4) is 0 Å². The minimum absolute atomic E-state index is 0.0317. The number of hydrazine groups is 1. The maximum Gasteiger partial charge on any atom is 0.354 e. The normalized spacial score (nSPS) is 10.3. The number of nitrogen functional groups attached to an aromatic ring is 1. The van der Waals surface area contributed by atoms with E-state index in [4.69, 9.17) is 10.3 Å². The van der Waals surface area contributed by atoms with Crippen molar-refractivity contribution in [3.63, 3.8) is 0 Å². The lowest BCUT2D eigenvalue weighted by molar-refractivity contribution is -0.383. The van der Waals surface area contributed by atoms with Gasteiger partial charge in [-0.05, 0) is 13.0 Å². The number of anilines is 2. The fraction of sp³-hybridized carbons (Fsp3) is 0.273. The van der Waals surface area contributed by atoms with Gasteiger partial charge in [0, 0.05) is 19.2 Å². The molecule has 0 amide bonds. The predicted molar refractivity (Wildman–Crippen MR) is 72.0 cm³/mol. The molecule has 0 aliphatic rings. The molecule has 0 atom stereocenters. The van der Waals surface area contributed by atoms with Crippen LogP contribution in [0.15, 0.2) is 23.1 Å². The average molecular weight is 278 g/mol. The van der Waals surface area contributed by atoms with Crippen LogP contribution >= 0.6 is 0 Å². The van der Waals surface area contributed by atoms with E-state index in [1.165, 1.54) is 6.33 Å². The van der Waals surface area contributed by atoms with Crippen LogP contribution in [0.2, 0.25) is 0 Å². The van der Waals surface area contributed by atoms with Crippen molar-refractivity contribution < 1.29 is 9.34 Å². The van der Waals surface area contributed by atoms with E-state index in [-0.39, 0.29) is 17.3 Å². The molecule has 2 heterocycles. The van der Waals surface area contributed by atoms with Gasteiger partial charge in [-0.15, -0.1) is 0 Å². The van der Waals surface area contributed by atoms with Gasteiger partial charge in [-0.2, -0.15) is 0 Å². The summed E-state index contributed by atoms with van der Waals surface area (Å²) in [7, 11) is 1.70. The van der Waals surface area contributed by atoms with Crippen LogP contribution in [0.3, 0.4) is 0 Å². The predicted octanol–water partition coefficient (Wildman–Crippen LogP) is 1.21. The molecule has 0 fully saturated rings. The molecule has 0 spiro atoms. The summed E-state index contributed by atoms with van der Waals surface area (Å²) in [5.41, 5.74) is 2.86. The van der Waals surface area contributed by atoms with Crippen molar-refractivity contribution >= 4 is 17.3 Å². The van der Waals surface area contributed by atoms with Crippen LogP contribution in [0, 0.1) is 17.0 Å². The third kappa shape index (κ3) is 2.52. The van der Waals surface area contributed by atoms with Gasteiger partial charge in [-0.3, -0.25) is 10.1 Å². The highest BCUT2D eigenvalue weighted by molar-refractivity contribution is 5.69. The van der Waals surface area contributed by atoms with E-state index in [9.17, 15) is 10.1 Å². The first-order valence-corrected chi connectivity index (χ1v) is 5.74. The molecule has 0 radical (unpaired) electrons. The number of hydrogen-bond donors (Lipinski definition) is 2. The van der Waals surface area contributed by atoms with Gasteiger partial charge >= 0.3 is 5.69 Å². The maximum atomic E-state index is 11.2. The molecule has 0 saturated heterocycles. The number of nitrogens with zero attached hydrogens (tertiary/aromatic N) is 4. The molecule has 0 unspecified atom stereocenters. The van der Waals surface area contributed by atoms with Crippen LogP contribution in [-0.4, -0.2) is 21.9 Å². The molecular formula is C11H14N6O3. The summed E-state index contributed by atoms with van der Waals surface area (Å²) in [6, 6.07) is 1.81. The molecule has 2 aromatic heterocycles. The largest absolute Gasteiger partial charge is 0.469 e. The number of aromatic nitrogens is 2. The SMILES string of the molecule is Cc1occc1CN(C)c1ncnc(NN)c1[N+](=O)[O-]. The number of rotatable bonds is 5. The molecule has 2 aromatic rings. The zero-order valence-corrected chi connectivity index (χ0v) is 11.0. The van der Waals surface area contributed by atoms with Crippen molar-refractivity contribution in [3.05, 3.63) is 40.1 Å². The minimum Gasteiger partial charge on any atom is -0.469 e. The topological polar surface area (TPSA) is 123 Å². The van der Waals surface area contributed by atoms with Gasteiger partial charge in [-0.1, -0.05) is 0 Å². The lowest BCUT2D eigenvalue weighted by Crippen LogP contribution is -2.21. The summed E-state index contributed by atoms with van der Waals surface area (Å²) in [4.78, 5) is 19.9. The first kappa shape index (κ1) is 13.7. The van der Waals surface area contributed by atoms with Gasteiger partial charge in [0.2, 0.25) is 11.6 Å². The van der Waals surface area contributed by atoms with Crippen molar-refractivity contribution in [2.45, 2.75) is 13.5 Å². The third-order valence-electron chi connectivity index (χ3n) is 2.86. The van der Waals surface area contributed by atoms with Crippen LogP contribution in [-0.2, 0) is 6.54 Å².